The van der Waals surface area contributed by atoms with Gasteiger partial charge in [-0.15, -0.1) is 0 Å². The molecule has 0 fully saturated rings. The molecule has 10 rings (SSSR count). The van der Waals surface area contributed by atoms with Crippen molar-refractivity contribution in [2.45, 2.75) is 0 Å². The number of pyridine rings is 2. The molecule has 0 N–H and O–H groups in total. The Balaban J connectivity index is 1.12. The van der Waals surface area contributed by atoms with Crippen molar-refractivity contribution in [1.82, 2.24) is 9.97 Å². The summed E-state index contributed by atoms with van der Waals surface area (Å²) in [5, 5.41) is 9.29. The summed E-state index contributed by atoms with van der Waals surface area (Å²) in [5.74, 6) is 0. The number of nitrogens with zero attached hydrogens (tertiary/aromatic N) is 2. The maximum absolute atomic E-state index is 5.35. The van der Waals surface area contributed by atoms with Gasteiger partial charge in [0.2, 0.25) is 0 Å². The van der Waals surface area contributed by atoms with Crippen LogP contribution in [-0.4, -0.2) is 9.97 Å². The van der Waals surface area contributed by atoms with E-state index in [1.54, 1.807) is 0 Å². The number of hydrogen-bond donors (Lipinski definition) is 0. The SMILES string of the molecule is c1ccc(-c2ccc3ccc4ccc(-c5ccc(-c6ccc7ccc8ccc(-c9ccccc9)cc8c7n6)c6ccccc56)nc4c3c2)cc1. The molecule has 2 aromatic heterocycles. The van der Waals surface area contributed by atoms with Crippen molar-refractivity contribution in [3.63, 3.8) is 0 Å². The van der Waals surface area contributed by atoms with E-state index in [1.807, 2.05) is 0 Å². The molecule has 0 atom stereocenters. The topological polar surface area (TPSA) is 25.8 Å². The first-order valence-corrected chi connectivity index (χ1v) is 17.1. The van der Waals surface area contributed by atoms with Gasteiger partial charge in [0.05, 0.1) is 22.4 Å². The van der Waals surface area contributed by atoms with E-state index in [2.05, 4.69) is 182 Å². The van der Waals surface area contributed by atoms with Gasteiger partial charge < -0.3 is 0 Å². The van der Waals surface area contributed by atoms with E-state index in [4.69, 9.17) is 9.97 Å². The van der Waals surface area contributed by atoms with Crippen LogP contribution in [0.2, 0.25) is 0 Å². The predicted molar refractivity (Wildman–Crippen MR) is 211 cm³/mol. The summed E-state index contributed by atoms with van der Waals surface area (Å²) < 4.78 is 0. The van der Waals surface area contributed by atoms with Gasteiger partial charge in [-0.05, 0) is 68.1 Å². The second kappa shape index (κ2) is 11.5. The Hall–Kier alpha value is -6.64. The molecule has 8 aromatic carbocycles. The van der Waals surface area contributed by atoms with Gasteiger partial charge in [0, 0.05) is 32.7 Å². The monoisotopic (exact) mass is 634 g/mol. The summed E-state index contributed by atoms with van der Waals surface area (Å²) >= 11 is 0. The van der Waals surface area contributed by atoms with E-state index < -0.39 is 0 Å². The Bertz CT molecular complexity index is 2710. The summed E-state index contributed by atoms with van der Waals surface area (Å²) in [5.41, 5.74) is 11.0. The average Bonchev–Trinajstić information content (AvgIpc) is 3.20. The Kier molecular flexibility index (Phi) is 6.53. The molecule has 0 unspecified atom stereocenters. The van der Waals surface area contributed by atoms with Gasteiger partial charge in [-0.3, -0.25) is 0 Å². The molecule has 0 radical (unpaired) electrons. The lowest BCUT2D eigenvalue weighted by molar-refractivity contribution is 1.41. The molecule has 0 saturated heterocycles. The molecule has 232 valence electrons. The Morgan fingerprint density at radius 1 is 0.260 bits per heavy atom. The van der Waals surface area contributed by atoms with E-state index in [0.717, 1.165) is 65.9 Å². The minimum Gasteiger partial charge on any atom is -0.247 e. The fourth-order valence-corrected chi connectivity index (χ4v) is 7.48. The van der Waals surface area contributed by atoms with E-state index in [-0.39, 0.29) is 0 Å². The summed E-state index contributed by atoms with van der Waals surface area (Å²) in [6.07, 6.45) is 0. The Morgan fingerprint density at radius 3 is 1.10 bits per heavy atom. The quantitative estimate of drug-likeness (QED) is 0.180. The zero-order valence-corrected chi connectivity index (χ0v) is 27.2. The minimum atomic E-state index is 0.962. The Labute approximate surface area is 290 Å². The number of benzene rings is 8. The van der Waals surface area contributed by atoms with Crippen molar-refractivity contribution in [3.05, 3.63) is 182 Å². The van der Waals surface area contributed by atoms with Crippen LogP contribution >= 0.6 is 0 Å². The molecule has 2 heterocycles. The van der Waals surface area contributed by atoms with Gasteiger partial charge >= 0.3 is 0 Å². The molecule has 50 heavy (non-hydrogen) atoms. The predicted octanol–water partition coefficient (Wildman–Crippen LogP) is 12.9. The van der Waals surface area contributed by atoms with E-state index in [1.165, 1.54) is 33.0 Å². The fraction of sp³-hybridized carbons (Fsp3) is 0. The van der Waals surface area contributed by atoms with Crippen molar-refractivity contribution in [1.29, 1.82) is 0 Å². The lowest BCUT2D eigenvalue weighted by Crippen LogP contribution is -1.92. The maximum atomic E-state index is 5.35. The van der Waals surface area contributed by atoms with Crippen molar-refractivity contribution in [2.75, 3.05) is 0 Å². The first-order chi connectivity index (χ1) is 24.8. The molecule has 0 aliphatic heterocycles. The number of fused-ring (bicyclic) bond motifs is 7. The Morgan fingerprint density at radius 2 is 0.640 bits per heavy atom. The van der Waals surface area contributed by atoms with Crippen molar-refractivity contribution in [3.8, 4) is 44.8 Å². The third-order valence-corrected chi connectivity index (χ3v) is 10.0. The molecule has 0 aliphatic carbocycles. The third kappa shape index (κ3) is 4.73. The van der Waals surface area contributed by atoms with Crippen LogP contribution in [0.3, 0.4) is 0 Å². The summed E-state index contributed by atoms with van der Waals surface area (Å²) in [6.45, 7) is 0. The number of hydrogen-bond acceptors (Lipinski definition) is 2. The lowest BCUT2D eigenvalue weighted by Gasteiger charge is -2.13. The summed E-state index contributed by atoms with van der Waals surface area (Å²) in [4.78, 5) is 10.7. The zero-order valence-electron chi connectivity index (χ0n) is 27.2. The number of rotatable bonds is 4. The van der Waals surface area contributed by atoms with Crippen molar-refractivity contribution >= 4 is 54.1 Å². The molecule has 0 bridgehead atoms. The van der Waals surface area contributed by atoms with Gasteiger partial charge in [0.15, 0.2) is 0 Å². The second-order valence-electron chi connectivity index (χ2n) is 13.0. The first-order valence-electron chi connectivity index (χ1n) is 17.1. The molecular weight excluding hydrogens is 605 g/mol. The van der Waals surface area contributed by atoms with Gasteiger partial charge in [0.1, 0.15) is 0 Å². The average molecular weight is 635 g/mol. The van der Waals surface area contributed by atoms with Crippen LogP contribution in [0.25, 0.3) is 98.9 Å². The van der Waals surface area contributed by atoms with Gasteiger partial charge in [-0.25, -0.2) is 9.97 Å². The van der Waals surface area contributed by atoms with Crippen LogP contribution in [0.15, 0.2) is 182 Å². The smallest absolute Gasteiger partial charge is 0.0788 e. The zero-order chi connectivity index (χ0) is 33.0. The molecule has 10 aromatic rings. The molecule has 2 heteroatoms. The molecular formula is C48H30N2. The largest absolute Gasteiger partial charge is 0.247 e. The minimum absolute atomic E-state index is 0.962. The van der Waals surface area contributed by atoms with Gasteiger partial charge in [-0.2, -0.15) is 0 Å². The molecule has 0 aliphatic rings. The summed E-state index contributed by atoms with van der Waals surface area (Å²) in [7, 11) is 0. The van der Waals surface area contributed by atoms with Gasteiger partial charge in [0.25, 0.3) is 0 Å². The molecule has 0 saturated carbocycles. The van der Waals surface area contributed by atoms with Crippen LogP contribution in [0, 0.1) is 0 Å². The van der Waals surface area contributed by atoms with Crippen LogP contribution in [0.5, 0.6) is 0 Å². The third-order valence-electron chi connectivity index (χ3n) is 10.0. The van der Waals surface area contributed by atoms with E-state index in [9.17, 15) is 0 Å². The van der Waals surface area contributed by atoms with Crippen molar-refractivity contribution < 1.29 is 0 Å². The van der Waals surface area contributed by atoms with Crippen molar-refractivity contribution in [2.24, 2.45) is 0 Å². The van der Waals surface area contributed by atoms with Crippen LogP contribution in [0.4, 0.5) is 0 Å². The highest BCUT2D eigenvalue weighted by Gasteiger charge is 2.14. The highest BCUT2D eigenvalue weighted by Crippen LogP contribution is 2.38. The maximum Gasteiger partial charge on any atom is 0.0788 e. The van der Waals surface area contributed by atoms with Crippen LogP contribution in [0.1, 0.15) is 0 Å². The van der Waals surface area contributed by atoms with E-state index >= 15 is 0 Å². The second-order valence-corrected chi connectivity index (χ2v) is 13.0. The van der Waals surface area contributed by atoms with E-state index in [0.29, 0.717) is 0 Å². The molecule has 0 spiro atoms. The van der Waals surface area contributed by atoms with Gasteiger partial charge in [-0.1, -0.05) is 158 Å². The first kappa shape index (κ1) is 28.4. The fourth-order valence-electron chi connectivity index (χ4n) is 7.48. The summed E-state index contributed by atoms with van der Waals surface area (Å²) in [6, 6.07) is 65.0. The highest BCUT2D eigenvalue weighted by molar-refractivity contribution is 6.10. The standard InChI is InChI=1S/C48H30N2/c1-3-9-31(10-4-1)37-21-17-33-15-19-35-23-27-45(49-47(35)43(33)29-37)41-25-26-42(40-14-8-7-13-39(40)41)46-28-24-36-20-16-34-18-22-38(30-44(34)48(36)50-46)32-11-5-2-6-12-32/h1-30H. The number of aromatic nitrogens is 2. The normalized spacial score (nSPS) is 11.6. The molecule has 0 amide bonds. The van der Waals surface area contributed by atoms with Crippen LogP contribution < -0.4 is 0 Å². The van der Waals surface area contributed by atoms with Crippen LogP contribution in [-0.2, 0) is 0 Å². The molecule has 2 nitrogen and oxygen atoms in total. The highest BCUT2D eigenvalue weighted by atomic mass is 14.7. The lowest BCUT2D eigenvalue weighted by atomic mass is 9.94.